The van der Waals surface area contributed by atoms with Crippen molar-refractivity contribution in [3.63, 3.8) is 0 Å². The predicted octanol–water partition coefficient (Wildman–Crippen LogP) is 2.14. The van der Waals surface area contributed by atoms with Gasteiger partial charge in [-0.25, -0.2) is 0 Å². The molecule has 0 aliphatic carbocycles. The fraction of sp³-hybridized carbons (Fsp3) is 1.00. The smallest absolute Gasteiger partial charge is 0.0953 e. The Morgan fingerprint density at radius 1 is 0.647 bits per heavy atom. The SMILES string of the molecule is C1CCOC1.C1CCOC1.C[SiH](C)N[SiH](C)C. The van der Waals surface area contributed by atoms with Gasteiger partial charge >= 0.3 is 0 Å². The molecule has 5 heteroatoms. The number of rotatable bonds is 2. The molecule has 17 heavy (non-hydrogen) atoms. The predicted molar refractivity (Wildman–Crippen MR) is 81.0 cm³/mol. The Morgan fingerprint density at radius 3 is 1.00 bits per heavy atom. The second kappa shape index (κ2) is 12.8. The van der Waals surface area contributed by atoms with Crippen molar-refractivity contribution in [2.75, 3.05) is 26.4 Å². The first kappa shape index (κ1) is 17.3. The van der Waals surface area contributed by atoms with E-state index < -0.39 is 17.9 Å². The van der Waals surface area contributed by atoms with E-state index in [9.17, 15) is 0 Å². The molecule has 0 unspecified atom stereocenters. The zero-order chi connectivity index (χ0) is 12.9. The summed E-state index contributed by atoms with van der Waals surface area (Å²) < 4.78 is 13.5. The molecule has 0 aromatic heterocycles. The maximum absolute atomic E-state index is 4.94. The monoisotopic (exact) mass is 277 g/mol. The summed E-state index contributed by atoms with van der Waals surface area (Å²) in [6.07, 6.45) is 5.11. The quantitative estimate of drug-likeness (QED) is 0.785. The lowest BCUT2D eigenvalue weighted by Crippen LogP contribution is -2.36. The van der Waals surface area contributed by atoms with Crippen LogP contribution in [0.25, 0.3) is 0 Å². The highest BCUT2D eigenvalue weighted by Gasteiger charge is 1.96. The van der Waals surface area contributed by atoms with Gasteiger partial charge in [0.25, 0.3) is 0 Å². The highest BCUT2D eigenvalue weighted by Crippen LogP contribution is 1.98. The van der Waals surface area contributed by atoms with Crippen LogP contribution in [-0.4, -0.2) is 44.3 Å². The molecule has 2 heterocycles. The summed E-state index contributed by atoms with van der Waals surface area (Å²) in [6, 6.07) is 0. The zero-order valence-electron chi connectivity index (χ0n) is 12.1. The van der Waals surface area contributed by atoms with E-state index in [1.807, 2.05) is 0 Å². The lowest BCUT2D eigenvalue weighted by atomic mass is 10.4. The second-order valence-electron chi connectivity index (χ2n) is 5.12. The van der Waals surface area contributed by atoms with Crippen molar-refractivity contribution < 1.29 is 9.47 Å². The third-order valence-corrected chi connectivity index (χ3v) is 7.65. The molecule has 0 amide bonds. The van der Waals surface area contributed by atoms with Gasteiger partial charge in [-0.15, -0.1) is 0 Å². The van der Waals surface area contributed by atoms with Crippen molar-refractivity contribution in [1.82, 2.24) is 4.65 Å². The van der Waals surface area contributed by atoms with Crippen LogP contribution in [0.1, 0.15) is 25.7 Å². The molecule has 0 atom stereocenters. The molecule has 0 radical (unpaired) electrons. The van der Waals surface area contributed by atoms with Crippen molar-refractivity contribution in [2.24, 2.45) is 0 Å². The minimum absolute atomic E-state index is 0.417. The van der Waals surface area contributed by atoms with Crippen LogP contribution in [-0.2, 0) is 9.47 Å². The highest BCUT2D eigenvalue weighted by molar-refractivity contribution is 6.70. The molecule has 1 N–H and O–H groups in total. The minimum Gasteiger partial charge on any atom is -0.381 e. The normalized spacial score (nSPS) is 18.7. The molecule has 0 spiro atoms. The molecule has 0 saturated carbocycles. The summed E-state index contributed by atoms with van der Waals surface area (Å²) in [5.74, 6) is 0. The van der Waals surface area contributed by atoms with Crippen LogP contribution in [0, 0.1) is 0 Å². The minimum atomic E-state index is -0.417. The zero-order valence-corrected chi connectivity index (χ0v) is 14.4. The van der Waals surface area contributed by atoms with Gasteiger partial charge in [-0.2, -0.15) is 0 Å². The van der Waals surface area contributed by atoms with Crippen LogP contribution >= 0.6 is 0 Å². The van der Waals surface area contributed by atoms with Crippen LogP contribution in [0.4, 0.5) is 0 Å². The van der Waals surface area contributed by atoms with E-state index in [0.29, 0.717) is 0 Å². The Morgan fingerprint density at radius 2 is 0.941 bits per heavy atom. The van der Waals surface area contributed by atoms with Gasteiger partial charge in [0.05, 0.1) is 17.9 Å². The molecule has 0 bridgehead atoms. The van der Waals surface area contributed by atoms with E-state index >= 15 is 0 Å². The molecular formula is C12H31NO2Si2. The molecule has 2 aliphatic rings. The van der Waals surface area contributed by atoms with E-state index in [1.54, 1.807) is 0 Å². The van der Waals surface area contributed by atoms with Crippen LogP contribution < -0.4 is 4.65 Å². The van der Waals surface area contributed by atoms with Gasteiger partial charge in [-0.1, -0.05) is 26.2 Å². The standard InChI is InChI=1S/C4H15NSi2.2C4H8O/c1-6(2)5-7(3)4;2*1-2-4-5-3-1/h5-7H,1-4H3;2*1-4H2. The Bertz CT molecular complexity index is 118. The molecule has 2 rings (SSSR count). The van der Waals surface area contributed by atoms with E-state index in [-0.39, 0.29) is 0 Å². The second-order valence-corrected chi connectivity index (χ2v) is 11.1. The first-order chi connectivity index (χ1) is 8.13. The van der Waals surface area contributed by atoms with Gasteiger partial charge in [0.15, 0.2) is 0 Å². The van der Waals surface area contributed by atoms with E-state index in [0.717, 1.165) is 26.4 Å². The largest absolute Gasteiger partial charge is 0.381 e. The van der Waals surface area contributed by atoms with E-state index in [2.05, 4.69) is 30.8 Å². The molecule has 104 valence electrons. The molecule has 2 aliphatic heterocycles. The third-order valence-electron chi connectivity index (χ3n) is 2.32. The fourth-order valence-corrected chi connectivity index (χ4v) is 7.02. The van der Waals surface area contributed by atoms with Gasteiger partial charge in [0.2, 0.25) is 0 Å². The van der Waals surface area contributed by atoms with E-state index in [4.69, 9.17) is 9.47 Å². The van der Waals surface area contributed by atoms with Crippen LogP contribution in [0.2, 0.25) is 26.2 Å². The van der Waals surface area contributed by atoms with Gasteiger partial charge < -0.3 is 14.1 Å². The molecule has 2 saturated heterocycles. The van der Waals surface area contributed by atoms with Crippen LogP contribution in [0.5, 0.6) is 0 Å². The third kappa shape index (κ3) is 16.3. The van der Waals surface area contributed by atoms with Gasteiger partial charge in [0, 0.05) is 26.4 Å². The average molecular weight is 278 g/mol. The summed E-state index contributed by atoms with van der Waals surface area (Å²) in [5.41, 5.74) is 0. The Kier molecular flexibility index (Phi) is 13.0. The fourth-order valence-electron chi connectivity index (χ4n) is 1.69. The first-order valence-electron chi connectivity index (χ1n) is 7.04. The Hall–Kier alpha value is 0.314. The van der Waals surface area contributed by atoms with Gasteiger partial charge in [-0.05, 0) is 25.7 Å². The summed E-state index contributed by atoms with van der Waals surface area (Å²) in [6.45, 7) is 13.3. The summed E-state index contributed by atoms with van der Waals surface area (Å²) >= 11 is 0. The molecule has 2 fully saturated rings. The maximum atomic E-state index is 4.94. The molecular weight excluding hydrogens is 246 g/mol. The molecule has 0 aromatic carbocycles. The maximum Gasteiger partial charge on any atom is 0.0953 e. The lowest BCUT2D eigenvalue weighted by molar-refractivity contribution is 0.198. The average Bonchev–Trinajstić information content (AvgIpc) is 2.96. The summed E-state index contributed by atoms with van der Waals surface area (Å²) in [7, 11) is -0.833. The Labute approximate surface area is 111 Å². The van der Waals surface area contributed by atoms with Crippen molar-refractivity contribution in [2.45, 2.75) is 51.9 Å². The van der Waals surface area contributed by atoms with Crippen molar-refractivity contribution in [1.29, 1.82) is 0 Å². The van der Waals surface area contributed by atoms with Crippen molar-refractivity contribution in [3.05, 3.63) is 0 Å². The highest BCUT2D eigenvalue weighted by atomic mass is 28.3. The number of ether oxygens (including phenoxy) is 2. The summed E-state index contributed by atoms with van der Waals surface area (Å²) in [4.78, 5) is 0. The summed E-state index contributed by atoms with van der Waals surface area (Å²) in [5, 5.41) is 0. The molecule has 0 aromatic rings. The van der Waals surface area contributed by atoms with Gasteiger partial charge in [-0.3, -0.25) is 0 Å². The first-order valence-corrected chi connectivity index (χ1v) is 12.8. The lowest BCUT2D eigenvalue weighted by Gasteiger charge is -2.07. The Balaban J connectivity index is 0.000000229. The van der Waals surface area contributed by atoms with Crippen molar-refractivity contribution >= 4 is 17.9 Å². The van der Waals surface area contributed by atoms with Gasteiger partial charge in [0.1, 0.15) is 0 Å². The topological polar surface area (TPSA) is 30.5 Å². The van der Waals surface area contributed by atoms with Crippen molar-refractivity contribution in [3.8, 4) is 0 Å². The molecule has 3 nitrogen and oxygen atoms in total. The number of nitrogens with one attached hydrogen (secondary N) is 1. The van der Waals surface area contributed by atoms with Crippen LogP contribution in [0.15, 0.2) is 0 Å². The number of hydrogen-bond donors (Lipinski definition) is 1. The van der Waals surface area contributed by atoms with E-state index in [1.165, 1.54) is 25.7 Å². The number of hydrogen-bond acceptors (Lipinski definition) is 3. The van der Waals surface area contributed by atoms with Crippen LogP contribution in [0.3, 0.4) is 0 Å².